The van der Waals surface area contributed by atoms with Gasteiger partial charge in [-0.1, -0.05) is 6.07 Å². The van der Waals surface area contributed by atoms with Gasteiger partial charge >= 0.3 is 12.0 Å². The Morgan fingerprint density at radius 1 is 1.35 bits per heavy atom. The molecule has 0 bridgehead atoms. The van der Waals surface area contributed by atoms with Crippen LogP contribution in [0.1, 0.15) is 20.3 Å². The number of carbonyl (C=O) groups excluding carboxylic acids is 1. The first-order valence-corrected chi connectivity index (χ1v) is 6.49. The maximum Gasteiger partial charge on any atom is 0.319 e. The average molecular weight is 279 g/mol. The normalized spacial score (nSPS) is 10.2. The first kappa shape index (κ1) is 15.8. The Morgan fingerprint density at radius 3 is 2.65 bits per heavy atom. The highest BCUT2D eigenvalue weighted by molar-refractivity contribution is 5.90. The number of nitrogens with one attached hydrogen (secondary N) is 2. The van der Waals surface area contributed by atoms with Crippen LogP contribution in [0.15, 0.2) is 24.3 Å². The average Bonchev–Trinajstić information content (AvgIpc) is 2.37. The van der Waals surface area contributed by atoms with Gasteiger partial charge in [0.2, 0.25) is 0 Å². The second kappa shape index (κ2) is 7.37. The van der Waals surface area contributed by atoms with Crippen molar-refractivity contribution in [2.75, 3.05) is 23.8 Å². The van der Waals surface area contributed by atoms with E-state index in [1.807, 2.05) is 25.2 Å². The van der Waals surface area contributed by atoms with Crippen molar-refractivity contribution >= 4 is 23.4 Å². The number of anilines is 2. The zero-order chi connectivity index (χ0) is 15.1. The number of rotatable bonds is 6. The molecule has 0 aliphatic carbocycles. The first-order valence-electron chi connectivity index (χ1n) is 6.49. The van der Waals surface area contributed by atoms with Crippen LogP contribution in [0.25, 0.3) is 0 Å². The number of aliphatic carboxylic acids is 1. The number of carboxylic acid groups (broad SMARTS) is 1. The van der Waals surface area contributed by atoms with Crippen molar-refractivity contribution < 1.29 is 14.7 Å². The lowest BCUT2D eigenvalue weighted by molar-refractivity contribution is -0.136. The van der Waals surface area contributed by atoms with Crippen molar-refractivity contribution in [2.45, 2.75) is 26.3 Å². The Hall–Kier alpha value is -2.24. The summed E-state index contributed by atoms with van der Waals surface area (Å²) in [4.78, 5) is 24.0. The van der Waals surface area contributed by atoms with Gasteiger partial charge in [0.25, 0.3) is 0 Å². The molecular weight excluding hydrogens is 258 g/mol. The molecule has 3 N–H and O–H groups in total. The minimum absolute atomic E-state index is 0.0937. The van der Waals surface area contributed by atoms with E-state index in [4.69, 9.17) is 5.11 Å². The summed E-state index contributed by atoms with van der Waals surface area (Å²) in [5.41, 5.74) is 1.67. The predicted molar refractivity (Wildman–Crippen MR) is 79.3 cm³/mol. The predicted octanol–water partition coefficient (Wildman–Crippen LogP) is 2.13. The van der Waals surface area contributed by atoms with E-state index in [1.165, 1.54) is 0 Å². The van der Waals surface area contributed by atoms with Crippen molar-refractivity contribution in [3.05, 3.63) is 24.3 Å². The molecule has 2 amide bonds. The maximum absolute atomic E-state index is 11.6. The molecule has 6 heteroatoms. The summed E-state index contributed by atoms with van der Waals surface area (Å²) in [5.74, 6) is -0.939. The molecule has 110 valence electrons. The lowest BCUT2D eigenvalue weighted by Gasteiger charge is -2.24. The van der Waals surface area contributed by atoms with Gasteiger partial charge in [-0.25, -0.2) is 4.79 Å². The van der Waals surface area contributed by atoms with Gasteiger partial charge in [-0.2, -0.15) is 0 Å². The third-order valence-electron chi connectivity index (χ3n) is 2.91. The molecule has 0 atom stereocenters. The summed E-state index contributed by atoms with van der Waals surface area (Å²) in [5, 5.41) is 13.7. The molecule has 1 rings (SSSR count). The summed E-state index contributed by atoms with van der Waals surface area (Å²) in [6.45, 7) is 4.27. The highest BCUT2D eigenvalue weighted by Crippen LogP contribution is 2.19. The highest BCUT2D eigenvalue weighted by Gasteiger charge is 2.07. The molecule has 6 nitrogen and oxygen atoms in total. The molecule has 20 heavy (non-hydrogen) atoms. The smallest absolute Gasteiger partial charge is 0.319 e. The van der Waals surface area contributed by atoms with Crippen LogP contribution in [0.4, 0.5) is 16.2 Å². The Labute approximate surface area is 118 Å². The lowest BCUT2D eigenvalue weighted by Crippen LogP contribution is -2.30. The fraction of sp³-hybridized carbons (Fsp3) is 0.429. The molecule has 0 spiro atoms. The molecule has 0 aliphatic heterocycles. The number of carbonyl (C=O) groups is 2. The van der Waals surface area contributed by atoms with Crippen molar-refractivity contribution in [1.29, 1.82) is 0 Å². The summed E-state index contributed by atoms with van der Waals surface area (Å²) in [6.07, 6.45) is -0.0937. The third kappa shape index (κ3) is 5.17. The number of hydrogen-bond donors (Lipinski definition) is 3. The standard InChI is InChI=1S/C14H21N3O3/c1-10(2)17(3)12-6-4-5-11(9-12)16-14(20)15-8-7-13(18)19/h4-6,9-10H,7-8H2,1-3H3,(H,18,19)(H2,15,16,20). The SMILES string of the molecule is CC(C)N(C)c1cccc(NC(=O)NCCC(=O)O)c1. The van der Waals surface area contributed by atoms with Crippen LogP contribution in [0.2, 0.25) is 0 Å². The topological polar surface area (TPSA) is 81.7 Å². The number of amides is 2. The first-order chi connectivity index (χ1) is 9.40. The van der Waals surface area contributed by atoms with Gasteiger partial charge in [0.05, 0.1) is 6.42 Å². The minimum Gasteiger partial charge on any atom is -0.481 e. The van der Waals surface area contributed by atoms with Gasteiger partial charge in [-0.15, -0.1) is 0 Å². The van der Waals surface area contributed by atoms with E-state index in [-0.39, 0.29) is 13.0 Å². The Kier molecular flexibility index (Phi) is 5.83. The fourth-order valence-corrected chi connectivity index (χ4v) is 1.56. The van der Waals surface area contributed by atoms with Crippen molar-refractivity contribution in [2.24, 2.45) is 0 Å². The van der Waals surface area contributed by atoms with E-state index in [2.05, 4.69) is 29.4 Å². The second-order valence-corrected chi connectivity index (χ2v) is 4.78. The number of carboxylic acids is 1. The van der Waals surface area contributed by atoms with Crippen LogP contribution in [-0.4, -0.2) is 36.7 Å². The second-order valence-electron chi connectivity index (χ2n) is 4.78. The van der Waals surface area contributed by atoms with Crippen LogP contribution < -0.4 is 15.5 Å². The molecular formula is C14H21N3O3. The molecule has 0 saturated heterocycles. The molecule has 0 aromatic heterocycles. The van der Waals surface area contributed by atoms with Gasteiger partial charge < -0.3 is 20.6 Å². The van der Waals surface area contributed by atoms with E-state index in [0.29, 0.717) is 11.7 Å². The molecule has 0 radical (unpaired) electrons. The number of hydrogen-bond acceptors (Lipinski definition) is 3. The third-order valence-corrected chi connectivity index (χ3v) is 2.91. The molecule has 1 aromatic carbocycles. The highest BCUT2D eigenvalue weighted by atomic mass is 16.4. The Balaban J connectivity index is 2.57. The molecule has 0 fully saturated rings. The summed E-state index contributed by atoms with van der Waals surface area (Å²) in [7, 11) is 1.98. The Bertz CT molecular complexity index is 474. The van der Waals surface area contributed by atoms with Gasteiger partial charge in [0, 0.05) is 31.0 Å². The van der Waals surface area contributed by atoms with Gasteiger partial charge in [-0.3, -0.25) is 4.79 Å². The summed E-state index contributed by atoms with van der Waals surface area (Å²) in [6, 6.07) is 7.44. The van der Waals surface area contributed by atoms with Crippen LogP contribution in [0.3, 0.4) is 0 Å². The molecule has 1 aromatic rings. The minimum atomic E-state index is -0.939. The largest absolute Gasteiger partial charge is 0.481 e. The van der Waals surface area contributed by atoms with E-state index in [9.17, 15) is 9.59 Å². The molecule has 0 aliphatic rings. The number of urea groups is 1. The molecule has 0 heterocycles. The number of nitrogens with zero attached hydrogens (tertiary/aromatic N) is 1. The van der Waals surface area contributed by atoms with E-state index in [1.54, 1.807) is 6.07 Å². The van der Waals surface area contributed by atoms with Crippen LogP contribution in [-0.2, 0) is 4.79 Å². The van der Waals surface area contributed by atoms with Crippen LogP contribution in [0, 0.1) is 0 Å². The Morgan fingerprint density at radius 2 is 2.05 bits per heavy atom. The van der Waals surface area contributed by atoms with E-state index in [0.717, 1.165) is 5.69 Å². The maximum atomic E-state index is 11.6. The van der Waals surface area contributed by atoms with Gasteiger partial charge in [0.1, 0.15) is 0 Å². The summed E-state index contributed by atoms with van der Waals surface area (Å²) < 4.78 is 0. The van der Waals surface area contributed by atoms with Gasteiger partial charge in [0.15, 0.2) is 0 Å². The number of benzene rings is 1. The van der Waals surface area contributed by atoms with Crippen LogP contribution in [0.5, 0.6) is 0 Å². The molecule has 0 unspecified atom stereocenters. The van der Waals surface area contributed by atoms with Crippen LogP contribution >= 0.6 is 0 Å². The lowest BCUT2D eigenvalue weighted by atomic mass is 10.2. The van der Waals surface area contributed by atoms with Crippen molar-refractivity contribution in [1.82, 2.24) is 5.32 Å². The quantitative estimate of drug-likeness (QED) is 0.745. The fourth-order valence-electron chi connectivity index (χ4n) is 1.56. The van der Waals surface area contributed by atoms with Gasteiger partial charge in [-0.05, 0) is 32.0 Å². The monoisotopic (exact) mass is 279 g/mol. The summed E-state index contributed by atoms with van der Waals surface area (Å²) >= 11 is 0. The molecule has 0 saturated carbocycles. The van der Waals surface area contributed by atoms with Crippen molar-refractivity contribution in [3.8, 4) is 0 Å². The zero-order valence-corrected chi connectivity index (χ0v) is 12.0. The van der Waals surface area contributed by atoms with Crippen molar-refractivity contribution in [3.63, 3.8) is 0 Å². The zero-order valence-electron chi connectivity index (χ0n) is 12.0. The van der Waals surface area contributed by atoms with E-state index >= 15 is 0 Å². The van der Waals surface area contributed by atoms with E-state index < -0.39 is 12.0 Å².